The highest BCUT2D eigenvalue weighted by molar-refractivity contribution is 5.83. The van der Waals surface area contributed by atoms with Gasteiger partial charge in [-0.2, -0.15) is 0 Å². The second kappa shape index (κ2) is 2.70. The van der Waals surface area contributed by atoms with E-state index in [2.05, 4.69) is 4.98 Å². The first-order chi connectivity index (χ1) is 7.31. The number of fused-ring (bicyclic) bond motifs is 3. The summed E-state index contributed by atoms with van der Waals surface area (Å²) >= 11 is 0. The van der Waals surface area contributed by atoms with E-state index in [0.29, 0.717) is 5.69 Å². The summed E-state index contributed by atoms with van der Waals surface area (Å²) in [7, 11) is 1.94. The molecule has 0 amide bonds. The van der Waals surface area contributed by atoms with E-state index in [0.717, 1.165) is 23.1 Å². The molecule has 2 aromatic heterocycles. The van der Waals surface area contributed by atoms with Gasteiger partial charge in [0.2, 0.25) is 5.78 Å². The summed E-state index contributed by atoms with van der Waals surface area (Å²) in [6, 6.07) is 8.01. The van der Waals surface area contributed by atoms with Gasteiger partial charge in [0.05, 0.1) is 11.0 Å². The molecule has 0 atom stereocenters. The summed E-state index contributed by atoms with van der Waals surface area (Å²) < 4.78 is 3.90. The smallest absolute Gasteiger partial charge is 0.215 e. The van der Waals surface area contributed by atoms with Crippen molar-refractivity contribution in [1.29, 1.82) is 0 Å². The largest absolute Gasteiger partial charge is 0.313 e. The predicted octanol–water partition coefficient (Wildman–Crippen LogP) is 1.64. The SMILES string of the molecule is Cn1c2ccccc2n2cc(C=O)nc12. The Morgan fingerprint density at radius 3 is 2.73 bits per heavy atom. The monoisotopic (exact) mass is 199 g/mol. The van der Waals surface area contributed by atoms with Gasteiger partial charge in [0.25, 0.3) is 0 Å². The summed E-state index contributed by atoms with van der Waals surface area (Å²) in [6.07, 6.45) is 2.52. The number of aromatic nitrogens is 3. The Morgan fingerprint density at radius 1 is 1.27 bits per heavy atom. The molecule has 74 valence electrons. The molecule has 3 rings (SSSR count). The van der Waals surface area contributed by atoms with Crippen LogP contribution in [0.4, 0.5) is 0 Å². The topological polar surface area (TPSA) is 39.3 Å². The minimum absolute atomic E-state index is 0.464. The molecule has 0 aliphatic rings. The number of aldehydes is 1. The zero-order valence-corrected chi connectivity index (χ0v) is 8.21. The van der Waals surface area contributed by atoms with E-state index in [9.17, 15) is 4.79 Å². The first kappa shape index (κ1) is 8.23. The molecule has 0 fully saturated rings. The molecule has 0 bridgehead atoms. The number of hydrogen-bond acceptors (Lipinski definition) is 2. The van der Waals surface area contributed by atoms with Crippen molar-refractivity contribution in [3.8, 4) is 0 Å². The Morgan fingerprint density at radius 2 is 2.00 bits per heavy atom. The lowest BCUT2D eigenvalue weighted by Crippen LogP contribution is -1.88. The fraction of sp³-hybridized carbons (Fsp3) is 0.0909. The van der Waals surface area contributed by atoms with Gasteiger partial charge in [0.1, 0.15) is 5.69 Å². The number of carbonyl (C=O) groups excluding carboxylic acids is 1. The van der Waals surface area contributed by atoms with Gasteiger partial charge in [-0.3, -0.25) is 9.20 Å². The molecule has 0 radical (unpaired) electrons. The first-order valence-corrected chi connectivity index (χ1v) is 4.69. The van der Waals surface area contributed by atoms with Crippen LogP contribution in [0.1, 0.15) is 10.5 Å². The summed E-state index contributed by atoms with van der Waals surface area (Å²) in [4.78, 5) is 14.9. The molecule has 0 spiro atoms. The fourth-order valence-corrected chi connectivity index (χ4v) is 1.92. The van der Waals surface area contributed by atoms with Crippen LogP contribution < -0.4 is 0 Å². The minimum atomic E-state index is 0.464. The lowest BCUT2D eigenvalue weighted by atomic mass is 10.3. The van der Waals surface area contributed by atoms with E-state index < -0.39 is 0 Å². The van der Waals surface area contributed by atoms with Gasteiger partial charge >= 0.3 is 0 Å². The van der Waals surface area contributed by atoms with Crippen LogP contribution in [0.25, 0.3) is 16.8 Å². The Balaban J connectivity index is 2.57. The van der Waals surface area contributed by atoms with Gasteiger partial charge in [-0.15, -0.1) is 0 Å². The lowest BCUT2D eigenvalue weighted by Gasteiger charge is -1.92. The van der Waals surface area contributed by atoms with E-state index in [1.165, 1.54) is 0 Å². The van der Waals surface area contributed by atoms with E-state index in [-0.39, 0.29) is 0 Å². The number of imidazole rings is 2. The maximum absolute atomic E-state index is 10.6. The third kappa shape index (κ3) is 0.958. The Hall–Kier alpha value is -2.10. The predicted molar refractivity (Wildman–Crippen MR) is 57.1 cm³/mol. The van der Waals surface area contributed by atoms with Gasteiger partial charge in [-0.1, -0.05) is 12.1 Å². The highest BCUT2D eigenvalue weighted by Crippen LogP contribution is 2.18. The van der Waals surface area contributed by atoms with E-state index in [1.54, 1.807) is 6.20 Å². The van der Waals surface area contributed by atoms with Crippen LogP contribution in [0, 0.1) is 0 Å². The maximum Gasteiger partial charge on any atom is 0.215 e. The number of benzene rings is 1. The van der Waals surface area contributed by atoms with Gasteiger partial charge in [-0.05, 0) is 12.1 Å². The molecule has 0 N–H and O–H groups in total. The number of carbonyl (C=O) groups is 1. The highest BCUT2D eigenvalue weighted by atomic mass is 16.1. The van der Waals surface area contributed by atoms with Crippen molar-refractivity contribution < 1.29 is 4.79 Å². The Labute approximate surface area is 85.8 Å². The van der Waals surface area contributed by atoms with Crippen molar-refractivity contribution in [3.63, 3.8) is 0 Å². The molecule has 15 heavy (non-hydrogen) atoms. The zero-order chi connectivity index (χ0) is 10.4. The summed E-state index contributed by atoms with van der Waals surface area (Å²) in [5, 5.41) is 0. The third-order valence-corrected chi connectivity index (χ3v) is 2.63. The van der Waals surface area contributed by atoms with Crippen LogP contribution in [0.15, 0.2) is 30.5 Å². The van der Waals surface area contributed by atoms with Gasteiger partial charge in [0, 0.05) is 13.2 Å². The van der Waals surface area contributed by atoms with Crippen LogP contribution >= 0.6 is 0 Å². The number of para-hydroxylation sites is 2. The molecule has 0 saturated carbocycles. The van der Waals surface area contributed by atoms with Crippen molar-refractivity contribution in [3.05, 3.63) is 36.2 Å². The quantitative estimate of drug-likeness (QED) is 0.559. The summed E-state index contributed by atoms with van der Waals surface area (Å²) in [5.41, 5.74) is 2.64. The molecule has 3 aromatic rings. The van der Waals surface area contributed by atoms with Gasteiger partial charge < -0.3 is 4.57 Å². The molecule has 0 saturated heterocycles. The second-order valence-electron chi connectivity index (χ2n) is 3.50. The molecule has 4 nitrogen and oxygen atoms in total. The number of aryl methyl sites for hydroxylation is 1. The normalized spacial score (nSPS) is 11.3. The number of rotatable bonds is 1. The molecular weight excluding hydrogens is 190 g/mol. The van der Waals surface area contributed by atoms with Crippen molar-refractivity contribution >= 4 is 23.1 Å². The number of nitrogens with zero attached hydrogens (tertiary/aromatic N) is 3. The third-order valence-electron chi connectivity index (χ3n) is 2.63. The van der Waals surface area contributed by atoms with Gasteiger partial charge in [0.15, 0.2) is 6.29 Å². The molecule has 0 aliphatic carbocycles. The number of hydrogen-bond donors (Lipinski definition) is 0. The summed E-state index contributed by atoms with van der Waals surface area (Å²) in [5.74, 6) is 0.790. The lowest BCUT2D eigenvalue weighted by molar-refractivity contribution is 0.111. The van der Waals surface area contributed by atoms with E-state index in [4.69, 9.17) is 0 Å². The minimum Gasteiger partial charge on any atom is -0.313 e. The molecule has 0 unspecified atom stereocenters. The van der Waals surface area contributed by atoms with Crippen molar-refractivity contribution in [2.75, 3.05) is 0 Å². The maximum atomic E-state index is 10.6. The highest BCUT2D eigenvalue weighted by Gasteiger charge is 2.09. The molecular formula is C11H9N3O. The average molecular weight is 199 g/mol. The molecule has 2 heterocycles. The van der Waals surface area contributed by atoms with Crippen LogP contribution in [-0.2, 0) is 7.05 Å². The van der Waals surface area contributed by atoms with Crippen LogP contribution in [-0.4, -0.2) is 20.2 Å². The van der Waals surface area contributed by atoms with Crippen LogP contribution in [0.5, 0.6) is 0 Å². The van der Waals surface area contributed by atoms with Crippen molar-refractivity contribution in [1.82, 2.24) is 14.0 Å². The zero-order valence-electron chi connectivity index (χ0n) is 8.21. The molecule has 1 aromatic carbocycles. The van der Waals surface area contributed by atoms with Gasteiger partial charge in [-0.25, -0.2) is 4.98 Å². The average Bonchev–Trinajstić information content (AvgIpc) is 2.80. The molecule has 4 heteroatoms. The van der Waals surface area contributed by atoms with Crippen LogP contribution in [0.3, 0.4) is 0 Å². The Kier molecular flexibility index (Phi) is 1.48. The van der Waals surface area contributed by atoms with Crippen molar-refractivity contribution in [2.45, 2.75) is 0 Å². The van der Waals surface area contributed by atoms with Crippen LogP contribution in [0.2, 0.25) is 0 Å². The first-order valence-electron chi connectivity index (χ1n) is 4.69. The summed E-state index contributed by atoms with van der Waals surface area (Å²) in [6.45, 7) is 0. The van der Waals surface area contributed by atoms with E-state index in [1.807, 2.05) is 40.3 Å². The molecule has 0 aliphatic heterocycles. The second-order valence-corrected chi connectivity index (χ2v) is 3.50. The Bertz CT molecular complexity index is 663. The van der Waals surface area contributed by atoms with Crippen molar-refractivity contribution in [2.24, 2.45) is 7.05 Å². The fourth-order valence-electron chi connectivity index (χ4n) is 1.92. The van der Waals surface area contributed by atoms with E-state index >= 15 is 0 Å². The standard InChI is InChI=1S/C11H9N3O/c1-13-9-4-2-3-5-10(9)14-6-8(7-15)12-11(13)14/h2-7H,1H3.